The molecule has 104 valence electrons. The Labute approximate surface area is 118 Å². The van der Waals surface area contributed by atoms with Crippen molar-refractivity contribution < 1.29 is 0 Å². The summed E-state index contributed by atoms with van der Waals surface area (Å²) in [6.07, 6.45) is 5.05. The largest absolute Gasteiger partial charge is 0.313 e. The summed E-state index contributed by atoms with van der Waals surface area (Å²) in [7, 11) is 3.93. The van der Waals surface area contributed by atoms with Gasteiger partial charge in [-0.1, -0.05) is 18.7 Å². The van der Waals surface area contributed by atoms with Crippen molar-refractivity contribution in [1.82, 2.24) is 24.9 Å². The molecule has 2 rings (SSSR count). The normalized spacial score (nSPS) is 11.2. The lowest BCUT2D eigenvalue weighted by Crippen LogP contribution is -2.14. The van der Waals surface area contributed by atoms with Crippen LogP contribution >= 0.6 is 11.8 Å². The van der Waals surface area contributed by atoms with Crippen LogP contribution in [0.5, 0.6) is 0 Å². The van der Waals surface area contributed by atoms with Crippen LogP contribution in [0.2, 0.25) is 0 Å². The van der Waals surface area contributed by atoms with Crippen molar-refractivity contribution >= 4 is 11.8 Å². The Hall–Kier alpha value is -1.27. The van der Waals surface area contributed by atoms with E-state index in [1.807, 2.05) is 35.9 Å². The van der Waals surface area contributed by atoms with Crippen molar-refractivity contribution in [3.63, 3.8) is 0 Å². The molecule has 0 unspecified atom stereocenters. The Morgan fingerprint density at radius 2 is 2.16 bits per heavy atom. The number of rotatable bonds is 6. The van der Waals surface area contributed by atoms with Crippen molar-refractivity contribution in [3.05, 3.63) is 23.7 Å². The standard InChI is InChI=1S/C13H21N5S/c1-5-6-14-8-12-10(2)16-18(4)13(12)19-11-7-15-17(3)9-11/h7,9,14H,5-6,8H2,1-4H3. The van der Waals surface area contributed by atoms with E-state index in [2.05, 4.69) is 29.4 Å². The highest BCUT2D eigenvalue weighted by Gasteiger charge is 2.14. The Morgan fingerprint density at radius 1 is 1.37 bits per heavy atom. The highest BCUT2D eigenvalue weighted by Crippen LogP contribution is 2.31. The minimum Gasteiger partial charge on any atom is -0.313 e. The molecule has 0 fully saturated rings. The van der Waals surface area contributed by atoms with Gasteiger partial charge in [-0.15, -0.1) is 0 Å². The molecule has 0 bridgehead atoms. The van der Waals surface area contributed by atoms with E-state index < -0.39 is 0 Å². The van der Waals surface area contributed by atoms with E-state index in [0.29, 0.717) is 0 Å². The summed E-state index contributed by atoms with van der Waals surface area (Å²) in [5.74, 6) is 0. The molecular weight excluding hydrogens is 258 g/mol. The van der Waals surface area contributed by atoms with E-state index in [1.165, 1.54) is 10.6 Å². The molecule has 6 heteroatoms. The van der Waals surface area contributed by atoms with Gasteiger partial charge in [0.05, 0.1) is 16.8 Å². The van der Waals surface area contributed by atoms with Gasteiger partial charge in [-0.05, 0) is 19.9 Å². The second-order valence-electron chi connectivity index (χ2n) is 4.62. The van der Waals surface area contributed by atoms with Gasteiger partial charge in [-0.2, -0.15) is 10.2 Å². The van der Waals surface area contributed by atoms with Gasteiger partial charge in [-0.25, -0.2) is 0 Å². The summed E-state index contributed by atoms with van der Waals surface area (Å²) >= 11 is 1.72. The van der Waals surface area contributed by atoms with Crippen LogP contribution in [0.1, 0.15) is 24.6 Å². The first kappa shape index (κ1) is 14.1. The van der Waals surface area contributed by atoms with Crippen molar-refractivity contribution in [3.8, 4) is 0 Å². The maximum atomic E-state index is 4.52. The van der Waals surface area contributed by atoms with Crippen LogP contribution in [0.15, 0.2) is 22.3 Å². The summed E-state index contributed by atoms with van der Waals surface area (Å²) in [6.45, 7) is 6.14. The first-order chi connectivity index (χ1) is 9.11. The molecule has 19 heavy (non-hydrogen) atoms. The fraction of sp³-hybridized carbons (Fsp3) is 0.538. The predicted octanol–water partition coefficient (Wildman–Crippen LogP) is 2.11. The van der Waals surface area contributed by atoms with Crippen LogP contribution in [0.25, 0.3) is 0 Å². The van der Waals surface area contributed by atoms with E-state index in [4.69, 9.17) is 0 Å². The number of aryl methyl sites for hydroxylation is 3. The number of nitrogens with one attached hydrogen (secondary N) is 1. The van der Waals surface area contributed by atoms with Gasteiger partial charge < -0.3 is 5.32 Å². The molecule has 0 saturated carbocycles. The van der Waals surface area contributed by atoms with E-state index >= 15 is 0 Å². The third kappa shape index (κ3) is 3.39. The molecule has 0 aliphatic heterocycles. The molecule has 2 aromatic rings. The van der Waals surface area contributed by atoms with E-state index in [0.717, 1.165) is 30.1 Å². The van der Waals surface area contributed by atoms with E-state index in [1.54, 1.807) is 11.8 Å². The smallest absolute Gasteiger partial charge is 0.103 e. The van der Waals surface area contributed by atoms with Crippen LogP contribution < -0.4 is 5.32 Å². The van der Waals surface area contributed by atoms with Crippen LogP contribution in [-0.4, -0.2) is 26.1 Å². The lowest BCUT2D eigenvalue weighted by atomic mass is 10.2. The summed E-state index contributed by atoms with van der Waals surface area (Å²) in [6, 6.07) is 0. The van der Waals surface area contributed by atoms with E-state index in [-0.39, 0.29) is 0 Å². The molecule has 0 atom stereocenters. The maximum absolute atomic E-state index is 4.52. The Bertz CT molecular complexity index is 543. The summed E-state index contributed by atoms with van der Waals surface area (Å²) < 4.78 is 3.77. The summed E-state index contributed by atoms with van der Waals surface area (Å²) in [4.78, 5) is 1.14. The molecule has 0 spiro atoms. The van der Waals surface area contributed by atoms with Crippen molar-refractivity contribution in [2.75, 3.05) is 6.54 Å². The zero-order valence-corrected chi connectivity index (χ0v) is 12.8. The predicted molar refractivity (Wildman–Crippen MR) is 77.3 cm³/mol. The van der Waals surface area contributed by atoms with Crippen LogP contribution in [0.3, 0.4) is 0 Å². The maximum Gasteiger partial charge on any atom is 0.103 e. The van der Waals surface area contributed by atoms with Gasteiger partial charge >= 0.3 is 0 Å². The molecule has 0 amide bonds. The second-order valence-corrected chi connectivity index (χ2v) is 5.68. The van der Waals surface area contributed by atoms with Gasteiger partial charge in [0.25, 0.3) is 0 Å². The average molecular weight is 279 g/mol. The highest BCUT2D eigenvalue weighted by atomic mass is 32.2. The molecule has 0 saturated heterocycles. The summed E-state index contributed by atoms with van der Waals surface area (Å²) in [5.41, 5.74) is 2.38. The molecule has 2 aromatic heterocycles. The molecule has 1 N–H and O–H groups in total. The molecular formula is C13H21N5S. The first-order valence-electron chi connectivity index (χ1n) is 6.51. The summed E-state index contributed by atoms with van der Waals surface area (Å²) in [5, 5.41) is 13.4. The zero-order chi connectivity index (χ0) is 13.8. The van der Waals surface area contributed by atoms with Gasteiger partial charge in [0, 0.05) is 32.4 Å². The van der Waals surface area contributed by atoms with Crippen molar-refractivity contribution in [2.24, 2.45) is 14.1 Å². The second kappa shape index (κ2) is 6.25. The van der Waals surface area contributed by atoms with Gasteiger partial charge in [0.2, 0.25) is 0 Å². The Kier molecular flexibility index (Phi) is 4.66. The van der Waals surface area contributed by atoms with Crippen LogP contribution in [-0.2, 0) is 20.6 Å². The van der Waals surface area contributed by atoms with Crippen molar-refractivity contribution in [2.45, 2.75) is 36.7 Å². The third-order valence-electron chi connectivity index (χ3n) is 2.91. The number of hydrogen-bond donors (Lipinski definition) is 1. The van der Waals surface area contributed by atoms with Crippen LogP contribution in [0, 0.1) is 6.92 Å². The topological polar surface area (TPSA) is 47.7 Å². The quantitative estimate of drug-likeness (QED) is 0.823. The highest BCUT2D eigenvalue weighted by molar-refractivity contribution is 7.99. The van der Waals surface area contributed by atoms with Gasteiger partial charge in [0.15, 0.2) is 0 Å². The molecule has 2 heterocycles. The lowest BCUT2D eigenvalue weighted by Gasteiger charge is -2.06. The fourth-order valence-corrected chi connectivity index (χ4v) is 3.01. The number of hydrogen-bond acceptors (Lipinski definition) is 4. The Balaban J connectivity index is 2.18. The number of aromatic nitrogens is 4. The molecule has 0 aromatic carbocycles. The lowest BCUT2D eigenvalue weighted by molar-refractivity contribution is 0.653. The van der Waals surface area contributed by atoms with Crippen LogP contribution in [0.4, 0.5) is 0 Å². The van der Waals surface area contributed by atoms with Crippen molar-refractivity contribution in [1.29, 1.82) is 0 Å². The minimum atomic E-state index is 0.871. The SMILES string of the molecule is CCCNCc1c(C)nn(C)c1Sc1cnn(C)c1. The third-order valence-corrected chi connectivity index (χ3v) is 4.06. The zero-order valence-electron chi connectivity index (χ0n) is 12.0. The first-order valence-corrected chi connectivity index (χ1v) is 7.33. The molecule has 0 aliphatic carbocycles. The fourth-order valence-electron chi connectivity index (χ4n) is 1.97. The van der Waals surface area contributed by atoms with E-state index in [9.17, 15) is 0 Å². The van der Waals surface area contributed by atoms with Gasteiger partial charge in [-0.3, -0.25) is 9.36 Å². The molecule has 5 nitrogen and oxygen atoms in total. The molecule has 0 radical (unpaired) electrons. The average Bonchev–Trinajstić information content (AvgIpc) is 2.88. The minimum absolute atomic E-state index is 0.871. The Morgan fingerprint density at radius 3 is 2.79 bits per heavy atom. The molecule has 0 aliphatic rings. The number of nitrogens with zero attached hydrogens (tertiary/aromatic N) is 4. The monoisotopic (exact) mass is 279 g/mol. The van der Waals surface area contributed by atoms with Gasteiger partial charge in [0.1, 0.15) is 5.03 Å².